The number of H-pyrrole nitrogens is 1. The molecule has 5 N–H and O–H groups in total. The maximum atomic E-state index is 11.6. The average molecular weight is 267 g/mol. The summed E-state index contributed by atoms with van der Waals surface area (Å²) in [5.74, 6) is -0.0579. The molecule has 1 aliphatic heterocycles. The van der Waals surface area contributed by atoms with Crippen LogP contribution in [0.5, 0.6) is 0 Å². The second-order valence-corrected chi connectivity index (χ2v) is 4.70. The van der Waals surface area contributed by atoms with Crippen LogP contribution < -0.4 is 11.3 Å². The zero-order valence-corrected chi connectivity index (χ0v) is 10.1. The molecule has 0 unspecified atom stereocenters. The summed E-state index contributed by atoms with van der Waals surface area (Å²) < 4.78 is 6.73. The summed E-state index contributed by atoms with van der Waals surface area (Å²) in [4.78, 5) is 21.9. The van der Waals surface area contributed by atoms with E-state index >= 15 is 0 Å². The topological polar surface area (TPSA) is 139 Å². The minimum atomic E-state index is -1.51. The fourth-order valence-electron chi connectivity index (χ4n) is 2.16. The Hall–Kier alpha value is -1.97. The lowest BCUT2D eigenvalue weighted by Crippen LogP contribution is -2.41. The number of aliphatic hydroxyl groups excluding tert-OH is 1. The quantitative estimate of drug-likeness (QED) is 0.485. The molecule has 9 heteroatoms. The van der Waals surface area contributed by atoms with Gasteiger partial charge in [0.15, 0.2) is 17.4 Å². The molecule has 19 heavy (non-hydrogen) atoms. The van der Waals surface area contributed by atoms with Crippen molar-refractivity contribution in [2.75, 3.05) is 12.3 Å². The number of aromatic amines is 1. The van der Waals surface area contributed by atoms with Crippen LogP contribution in [0.3, 0.4) is 0 Å². The zero-order chi connectivity index (χ0) is 13.8. The van der Waals surface area contributed by atoms with E-state index in [1.54, 1.807) is 0 Å². The highest BCUT2D eigenvalue weighted by atomic mass is 16.5. The Labute approximate surface area is 106 Å². The molecular weight excluding hydrogens is 254 g/mol. The van der Waals surface area contributed by atoms with Crippen LogP contribution in [-0.2, 0) is 4.74 Å². The number of hydrogen-bond acceptors (Lipinski definition) is 7. The van der Waals surface area contributed by atoms with Gasteiger partial charge < -0.3 is 20.7 Å². The molecule has 9 nitrogen and oxygen atoms in total. The van der Waals surface area contributed by atoms with Gasteiger partial charge in [0.2, 0.25) is 5.95 Å². The van der Waals surface area contributed by atoms with Crippen LogP contribution in [0.4, 0.5) is 5.95 Å². The number of nitrogens with one attached hydrogen (secondary N) is 1. The van der Waals surface area contributed by atoms with Crippen LogP contribution in [-0.4, -0.2) is 48.0 Å². The molecule has 1 saturated heterocycles. The van der Waals surface area contributed by atoms with Crippen LogP contribution in [0.25, 0.3) is 11.2 Å². The number of rotatable bonds is 1. The fraction of sp³-hybridized carbons (Fsp3) is 0.500. The van der Waals surface area contributed by atoms with E-state index in [-0.39, 0.29) is 23.7 Å². The lowest BCUT2D eigenvalue weighted by molar-refractivity contribution is -0.0924. The lowest BCUT2D eigenvalue weighted by atomic mass is 10.0. The van der Waals surface area contributed by atoms with E-state index in [1.807, 2.05) is 0 Å². The van der Waals surface area contributed by atoms with Crippen molar-refractivity contribution in [3.05, 3.63) is 16.7 Å². The molecule has 102 valence electrons. The van der Waals surface area contributed by atoms with Gasteiger partial charge >= 0.3 is 0 Å². The van der Waals surface area contributed by atoms with Gasteiger partial charge in [0, 0.05) is 0 Å². The van der Waals surface area contributed by atoms with Crippen molar-refractivity contribution < 1.29 is 14.9 Å². The lowest BCUT2D eigenvalue weighted by Gasteiger charge is -2.27. The van der Waals surface area contributed by atoms with Crippen LogP contribution in [0.1, 0.15) is 13.2 Å². The third kappa shape index (κ3) is 1.63. The fourth-order valence-corrected chi connectivity index (χ4v) is 2.16. The van der Waals surface area contributed by atoms with Gasteiger partial charge in [-0.2, -0.15) is 4.98 Å². The molecule has 0 bridgehead atoms. The number of anilines is 1. The molecular formula is C10H13N5O4. The molecule has 2 aromatic heterocycles. The van der Waals surface area contributed by atoms with Crippen molar-refractivity contribution in [1.29, 1.82) is 0 Å². The van der Waals surface area contributed by atoms with E-state index in [4.69, 9.17) is 10.5 Å². The van der Waals surface area contributed by atoms with Gasteiger partial charge in [0.1, 0.15) is 11.7 Å². The molecule has 1 fully saturated rings. The first-order chi connectivity index (χ1) is 8.91. The highest BCUT2D eigenvalue weighted by molar-refractivity contribution is 5.70. The maximum absolute atomic E-state index is 11.6. The third-order valence-corrected chi connectivity index (χ3v) is 3.29. The molecule has 0 aliphatic carbocycles. The number of nitrogens with zero attached hydrogens (tertiary/aromatic N) is 3. The molecule has 3 heterocycles. The van der Waals surface area contributed by atoms with Crippen LogP contribution >= 0.6 is 0 Å². The number of ether oxygens (including phenoxy) is 1. The van der Waals surface area contributed by atoms with Gasteiger partial charge in [-0.1, -0.05) is 0 Å². The van der Waals surface area contributed by atoms with Crippen LogP contribution in [0.2, 0.25) is 0 Å². The predicted molar refractivity (Wildman–Crippen MR) is 64.2 cm³/mol. The van der Waals surface area contributed by atoms with Crippen molar-refractivity contribution in [3.8, 4) is 0 Å². The molecule has 0 radical (unpaired) electrons. The standard InChI is InChI=1S/C10H13N5O4/c1-10(18)4(16)2-19-8(10)15-3-12-5-6(15)13-9(11)14-7(5)17/h3-4,8,16,18H,2H2,1H3,(H3,11,13,14,17)/t4-,8-,10-/m1/s1. The zero-order valence-electron chi connectivity index (χ0n) is 10.1. The molecule has 1 aliphatic rings. The first-order valence-corrected chi connectivity index (χ1v) is 5.65. The Bertz CT molecular complexity index is 691. The van der Waals surface area contributed by atoms with Crippen molar-refractivity contribution in [1.82, 2.24) is 19.5 Å². The second-order valence-electron chi connectivity index (χ2n) is 4.70. The molecule has 0 amide bonds. The molecule has 3 rings (SSSR count). The summed E-state index contributed by atoms with van der Waals surface area (Å²) in [6.07, 6.45) is -0.598. The van der Waals surface area contributed by atoms with E-state index in [0.29, 0.717) is 0 Å². The smallest absolute Gasteiger partial charge is 0.280 e. The number of imidazole rings is 1. The Morgan fingerprint density at radius 2 is 2.42 bits per heavy atom. The van der Waals surface area contributed by atoms with E-state index in [0.717, 1.165) is 0 Å². The van der Waals surface area contributed by atoms with Crippen molar-refractivity contribution in [2.24, 2.45) is 0 Å². The van der Waals surface area contributed by atoms with Crippen molar-refractivity contribution in [3.63, 3.8) is 0 Å². The minimum absolute atomic E-state index is 0.0178. The van der Waals surface area contributed by atoms with E-state index < -0.39 is 23.5 Å². The molecule has 0 spiro atoms. The summed E-state index contributed by atoms with van der Waals surface area (Å²) in [5, 5.41) is 19.9. The number of aliphatic hydroxyl groups is 2. The number of aromatic nitrogens is 4. The number of hydrogen-bond donors (Lipinski definition) is 4. The number of nitrogens with two attached hydrogens (primary N) is 1. The first-order valence-electron chi connectivity index (χ1n) is 5.65. The first kappa shape index (κ1) is 12.1. The highest BCUT2D eigenvalue weighted by Crippen LogP contribution is 2.35. The number of fused-ring (bicyclic) bond motifs is 1. The number of nitrogen functional groups attached to an aromatic ring is 1. The average Bonchev–Trinajstić information content (AvgIpc) is 2.82. The van der Waals surface area contributed by atoms with Gasteiger partial charge in [0.05, 0.1) is 12.9 Å². The normalized spacial score (nSPS) is 31.1. The van der Waals surface area contributed by atoms with Gasteiger partial charge in [0.25, 0.3) is 5.56 Å². The summed E-state index contributed by atoms with van der Waals surface area (Å²) in [7, 11) is 0. The predicted octanol–water partition coefficient (Wildman–Crippen LogP) is -1.66. The van der Waals surface area contributed by atoms with Gasteiger partial charge in [-0.3, -0.25) is 14.3 Å². The Kier molecular flexibility index (Phi) is 2.39. The monoisotopic (exact) mass is 267 g/mol. The Balaban J connectivity index is 2.19. The molecule has 2 aromatic rings. The summed E-state index contributed by atoms with van der Waals surface area (Å²) in [5.41, 5.74) is 3.79. The van der Waals surface area contributed by atoms with E-state index in [1.165, 1.54) is 17.8 Å². The van der Waals surface area contributed by atoms with Crippen LogP contribution in [0, 0.1) is 0 Å². The highest BCUT2D eigenvalue weighted by Gasteiger charge is 2.47. The third-order valence-electron chi connectivity index (χ3n) is 3.29. The largest absolute Gasteiger partial charge is 0.388 e. The van der Waals surface area contributed by atoms with Crippen molar-refractivity contribution in [2.45, 2.75) is 24.9 Å². The van der Waals surface area contributed by atoms with E-state index in [9.17, 15) is 15.0 Å². The Morgan fingerprint density at radius 3 is 3.05 bits per heavy atom. The van der Waals surface area contributed by atoms with Gasteiger partial charge in [-0.05, 0) is 6.92 Å². The Morgan fingerprint density at radius 1 is 1.68 bits per heavy atom. The van der Waals surface area contributed by atoms with Crippen molar-refractivity contribution >= 4 is 17.1 Å². The van der Waals surface area contributed by atoms with Crippen LogP contribution in [0.15, 0.2) is 11.1 Å². The minimum Gasteiger partial charge on any atom is -0.388 e. The van der Waals surface area contributed by atoms with Gasteiger partial charge in [-0.15, -0.1) is 0 Å². The molecule has 0 saturated carbocycles. The summed E-state index contributed by atoms with van der Waals surface area (Å²) in [6, 6.07) is 0. The maximum Gasteiger partial charge on any atom is 0.280 e. The molecule has 3 atom stereocenters. The SMILES string of the molecule is C[C@@]1(O)[C@H](O)CO[C@H]1n1cnc2c(=O)[nH]c(N)nc21. The summed E-state index contributed by atoms with van der Waals surface area (Å²) >= 11 is 0. The summed E-state index contributed by atoms with van der Waals surface area (Å²) in [6.45, 7) is 1.42. The van der Waals surface area contributed by atoms with E-state index in [2.05, 4.69) is 15.0 Å². The second kappa shape index (κ2) is 3.76. The van der Waals surface area contributed by atoms with Gasteiger partial charge in [-0.25, -0.2) is 4.98 Å². The molecule has 0 aromatic carbocycles.